The van der Waals surface area contributed by atoms with Crippen LogP contribution in [-0.4, -0.2) is 47.7 Å². The molecule has 0 bridgehead atoms. The number of carbonyl (C=O) groups is 1. The molecule has 0 spiro atoms. The highest BCUT2D eigenvalue weighted by molar-refractivity contribution is 5.69. The Morgan fingerprint density at radius 3 is 2.46 bits per heavy atom. The first kappa shape index (κ1) is 23.1. The molecule has 0 saturated carbocycles. The predicted molar refractivity (Wildman–Crippen MR) is 103 cm³/mol. The predicted octanol–water partition coefficient (Wildman–Crippen LogP) is 3.91. The van der Waals surface area contributed by atoms with Crippen LogP contribution < -0.4 is 0 Å². The zero-order valence-corrected chi connectivity index (χ0v) is 16.4. The van der Waals surface area contributed by atoms with E-state index in [0.717, 1.165) is 32.1 Å². The minimum atomic E-state index is -0.778. The molecule has 26 heavy (non-hydrogen) atoms. The Morgan fingerprint density at radius 2 is 1.73 bits per heavy atom. The van der Waals surface area contributed by atoms with Gasteiger partial charge in [0.15, 0.2) is 0 Å². The van der Waals surface area contributed by atoms with Crippen LogP contribution in [0.25, 0.3) is 0 Å². The van der Waals surface area contributed by atoms with Gasteiger partial charge >= 0.3 is 5.97 Å². The SMILES string of the molecule is CCCCC/C=C\CC1OC1CCCCCCCC(=O)OC(CO)CO. The molecule has 2 unspecified atom stereocenters. The Morgan fingerprint density at radius 1 is 1.00 bits per heavy atom. The van der Waals surface area contributed by atoms with E-state index >= 15 is 0 Å². The number of rotatable bonds is 17. The molecule has 0 aromatic heterocycles. The van der Waals surface area contributed by atoms with Crippen molar-refractivity contribution in [3.8, 4) is 0 Å². The fourth-order valence-electron chi connectivity index (χ4n) is 3.02. The number of esters is 1. The van der Waals surface area contributed by atoms with Gasteiger partial charge in [-0.05, 0) is 32.1 Å². The van der Waals surface area contributed by atoms with Crippen LogP contribution in [0.15, 0.2) is 12.2 Å². The van der Waals surface area contributed by atoms with Gasteiger partial charge in [-0.15, -0.1) is 0 Å². The highest BCUT2D eigenvalue weighted by atomic mass is 16.6. The highest BCUT2D eigenvalue weighted by Gasteiger charge is 2.36. The zero-order valence-electron chi connectivity index (χ0n) is 16.4. The normalized spacial score (nSPS) is 19.4. The second-order valence-electron chi connectivity index (χ2n) is 7.20. The number of hydrogen-bond donors (Lipinski definition) is 2. The standard InChI is InChI=1S/C21H38O5/c1-2-3-4-5-7-10-13-19-20(26-19)14-11-8-6-9-12-15-21(24)25-18(16-22)17-23/h7,10,18-20,22-23H,2-6,8-9,11-17H2,1H3/b10-7-. The summed E-state index contributed by atoms with van der Waals surface area (Å²) in [6.45, 7) is 1.56. The molecular formula is C21H38O5. The molecule has 0 radical (unpaired) electrons. The van der Waals surface area contributed by atoms with Crippen LogP contribution in [0, 0.1) is 0 Å². The Balaban J connectivity index is 1.86. The van der Waals surface area contributed by atoms with E-state index in [0.29, 0.717) is 18.6 Å². The van der Waals surface area contributed by atoms with Crippen LogP contribution >= 0.6 is 0 Å². The van der Waals surface area contributed by atoms with Crippen LogP contribution in [0.5, 0.6) is 0 Å². The molecular weight excluding hydrogens is 332 g/mol. The molecule has 0 aromatic carbocycles. The third kappa shape index (κ3) is 11.7. The largest absolute Gasteiger partial charge is 0.457 e. The van der Waals surface area contributed by atoms with Gasteiger partial charge in [-0.1, -0.05) is 57.6 Å². The van der Waals surface area contributed by atoms with E-state index in [9.17, 15) is 4.79 Å². The van der Waals surface area contributed by atoms with Gasteiger partial charge in [-0.2, -0.15) is 0 Å². The lowest BCUT2D eigenvalue weighted by Crippen LogP contribution is -2.25. The van der Waals surface area contributed by atoms with Crippen LogP contribution in [-0.2, 0) is 14.3 Å². The molecule has 1 fully saturated rings. The monoisotopic (exact) mass is 370 g/mol. The van der Waals surface area contributed by atoms with Crippen molar-refractivity contribution in [2.75, 3.05) is 13.2 Å². The zero-order chi connectivity index (χ0) is 19.0. The number of aliphatic hydroxyl groups is 2. The molecule has 2 atom stereocenters. The first-order valence-corrected chi connectivity index (χ1v) is 10.4. The first-order chi connectivity index (χ1) is 12.7. The van der Waals surface area contributed by atoms with Gasteiger partial charge in [0.25, 0.3) is 0 Å². The number of ether oxygens (including phenoxy) is 2. The fraction of sp³-hybridized carbons (Fsp3) is 0.857. The molecule has 1 aliphatic rings. The van der Waals surface area contributed by atoms with E-state index in [1.54, 1.807) is 0 Å². The van der Waals surface area contributed by atoms with Crippen LogP contribution in [0.3, 0.4) is 0 Å². The van der Waals surface area contributed by atoms with Gasteiger partial charge in [-0.25, -0.2) is 0 Å². The average molecular weight is 371 g/mol. The average Bonchev–Trinajstić information content (AvgIpc) is 3.40. The second kappa shape index (κ2) is 15.2. The summed E-state index contributed by atoms with van der Waals surface area (Å²) in [4.78, 5) is 11.5. The Labute approximate surface area is 158 Å². The lowest BCUT2D eigenvalue weighted by Gasteiger charge is -2.12. The van der Waals surface area contributed by atoms with Gasteiger partial charge < -0.3 is 19.7 Å². The highest BCUT2D eigenvalue weighted by Crippen LogP contribution is 2.30. The lowest BCUT2D eigenvalue weighted by molar-refractivity contribution is -0.153. The molecule has 5 heteroatoms. The Kier molecular flexibility index (Phi) is 13.5. The van der Waals surface area contributed by atoms with Gasteiger partial charge in [-0.3, -0.25) is 4.79 Å². The minimum Gasteiger partial charge on any atom is -0.457 e. The minimum absolute atomic E-state index is 0.332. The Bertz CT molecular complexity index is 379. The quantitative estimate of drug-likeness (QED) is 0.176. The molecule has 0 amide bonds. The summed E-state index contributed by atoms with van der Waals surface area (Å²) < 4.78 is 10.6. The van der Waals surface area contributed by atoms with Crippen molar-refractivity contribution in [1.82, 2.24) is 0 Å². The van der Waals surface area contributed by atoms with Gasteiger partial charge in [0.1, 0.15) is 6.10 Å². The number of unbranched alkanes of at least 4 members (excludes halogenated alkanes) is 7. The molecule has 0 aliphatic carbocycles. The first-order valence-electron chi connectivity index (χ1n) is 10.4. The van der Waals surface area contributed by atoms with Gasteiger partial charge in [0, 0.05) is 6.42 Å². The number of epoxide rings is 1. The molecule has 1 saturated heterocycles. The maximum Gasteiger partial charge on any atom is 0.306 e. The molecule has 5 nitrogen and oxygen atoms in total. The number of allylic oxidation sites excluding steroid dienone is 1. The van der Waals surface area contributed by atoms with Crippen molar-refractivity contribution in [2.45, 2.75) is 102 Å². The van der Waals surface area contributed by atoms with Crippen LogP contribution in [0.4, 0.5) is 0 Å². The third-order valence-corrected chi connectivity index (χ3v) is 4.77. The van der Waals surface area contributed by atoms with E-state index < -0.39 is 6.10 Å². The number of aliphatic hydroxyl groups excluding tert-OH is 2. The summed E-state index contributed by atoms with van der Waals surface area (Å²) in [6.07, 6.45) is 17.6. The molecule has 0 aromatic rings. The van der Waals surface area contributed by atoms with Crippen LogP contribution in [0.2, 0.25) is 0 Å². The van der Waals surface area contributed by atoms with Crippen molar-refractivity contribution in [3.63, 3.8) is 0 Å². The van der Waals surface area contributed by atoms with Crippen molar-refractivity contribution in [3.05, 3.63) is 12.2 Å². The van der Waals surface area contributed by atoms with E-state index in [1.165, 1.54) is 38.5 Å². The smallest absolute Gasteiger partial charge is 0.306 e. The molecule has 2 N–H and O–H groups in total. The molecule has 1 rings (SSSR count). The van der Waals surface area contributed by atoms with Crippen LogP contribution in [0.1, 0.15) is 84.0 Å². The van der Waals surface area contributed by atoms with Gasteiger partial charge in [0.2, 0.25) is 0 Å². The van der Waals surface area contributed by atoms with Crippen molar-refractivity contribution < 1.29 is 24.5 Å². The summed E-state index contributed by atoms with van der Waals surface area (Å²) in [5.41, 5.74) is 0. The molecule has 152 valence electrons. The fourth-order valence-corrected chi connectivity index (χ4v) is 3.02. The molecule has 1 aliphatic heterocycles. The van der Waals surface area contributed by atoms with E-state index in [4.69, 9.17) is 19.7 Å². The second-order valence-corrected chi connectivity index (χ2v) is 7.20. The molecule has 1 heterocycles. The number of carbonyl (C=O) groups excluding carboxylic acids is 1. The van der Waals surface area contributed by atoms with E-state index in [1.807, 2.05) is 0 Å². The maximum atomic E-state index is 11.5. The van der Waals surface area contributed by atoms with Crippen molar-refractivity contribution >= 4 is 5.97 Å². The summed E-state index contributed by atoms with van der Waals surface area (Å²) in [7, 11) is 0. The van der Waals surface area contributed by atoms with E-state index in [2.05, 4.69) is 19.1 Å². The third-order valence-electron chi connectivity index (χ3n) is 4.77. The topological polar surface area (TPSA) is 79.3 Å². The maximum absolute atomic E-state index is 11.5. The van der Waals surface area contributed by atoms with Crippen molar-refractivity contribution in [2.24, 2.45) is 0 Å². The van der Waals surface area contributed by atoms with Gasteiger partial charge in [0.05, 0.1) is 25.4 Å². The Hall–Kier alpha value is -0.910. The van der Waals surface area contributed by atoms with E-state index in [-0.39, 0.29) is 19.2 Å². The summed E-state index contributed by atoms with van der Waals surface area (Å²) in [5, 5.41) is 17.7. The summed E-state index contributed by atoms with van der Waals surface area (Å²) in [5.74, 6) is -0.338. The number of hydrogen-bond acceptors (Lipinski definition) is 5. The summed E-state index contributed by atoms with van der Waals surface area (Å²) >= 11 is 0. The van der Waals surface area contributed by atoms with Crippen molar-refractivity contribution in [1.29, 1.82) is 0 Å². The summed E-state index contributed by atoms with van der Waals surface area (Å²) in [6, 6.07) is 0. The lowest BCUT2D eigenvalue weighted by atomic mass is 10.1.